The zero-order chi connectivity index (χ0) is 30.6. The Kier molecular flexibility index (Phi) is 9.52. The maximum Gasteiger partial charge on any atom is 0.262 e. The zero-order valence-corrected chi connectivity index (χ0v) is 26.0. The highest BCUT2D eigenvalue weighted by Crippen LogP contribution is 2.35. The van der Waals surface area contributed by atoms with E-state index in [1.165, 1.54) is 9.21 Å². The quantitative estimate of drug-likeness (QED) is 0.368. The minimum Gasteiger partial charge on any atom is -0.477 e. The molecule has 1 N–H and O–H groups in total. The van der Waals surface area contributed by atoms with E-state index in [2.05, 4.69) is 5.32 Å². The number of nitrogens with zero attached hydrogens (tertiary/aromatic N) is 2. The Bertz CT molecular complexity index is 1540. The van der Waals surface area contributed by atoms with Crippen LogP contribution in [0.3, 0.4) is 0 Å². The number of ether oxygens (including phenoxy) is 1. The molecule has 1 saturated carbocycles. The lowest BCUT2D eigenvalue weighted by molar-refractivity contribution is -0.128. The summed E-state index contributed by atoms with van der Waals surface area (Å²) in [5.41, 5.74) is 3.98. The summed E-state index contributed by atoms with van der Waals surface area (Å²) >= 11 is 0. The number of para-hydroxylation sites is 2. The highest BCUT2D eigenvalue weighted by Gasteiger charge is 2.39. The van der Waals surface area contributed by atoms with E-state index in [0.717, 1.165) is 30.4 Å². The number of anilines is 1. The van der Waals surface area contributed by atoms with Crippen LogP contribution in [-0.4, -0.2) is 56.3 Å². The van der Waals surface area contributed by atoms with E-state index in [1.54, 1.807) is 24.3 Å². The smallest absolute Gasteiger partial charge is 0.262 e. The average Bonchev–Trinajstić information content (AvgIpc) is 2.99. The van der Waals surface area contributed by atoms with E-state index in [9.17, 15) is 18.0 Å². The molecule has 0 saturated heterocycles. The fourth-order valence-electron chi connectivity index (χ4n) is 6.38. The number of carbonyl (C=O) groups excluding carboxylic acids is 2. The second-order valence-corrected chi connectivity index (χ2v) is 13.5. The Balaban J connectivity index is 1.39. The van der Waals surface area contributed by atoms with Crippen LogP contribution in [0.4, 0.5) is 5.69 Å². The maximum absolute atomic E-state index is 14.3. The molecule has 9 heteroatoms. The van der Waals surface area contributed by atoms with E-state index < -0.39 is 16.1 Å². The number of benzene rings is 3. The third-order valence-corrected chi connectivity index (χ3v) is 10.6. The van der Waals surface area contributed by atoms with Crippen LogP contribution in [0.1, 0.15) is 54.4 Å². The number of amides is 2. The molecule has 2 aliphatic rings. The van der Waals surface area contributed by atoms with Gasteiger partial charge in [0.05, 0.1) is 23.7 Å². The molecule has 228 valence electrons. The Morgan fingerprint density at radius 3 is 2.28 bits per heavy atom. The second kappa shape index (κ2) is 13.3. The van der Waals surface area contributed by atoms with Crippen LogP contribution < -0.4 is 15.0 Å². The van der Waals surface area contributed by atoms with Crippen molar-refractivity contribution in [3.05, 3.63) is 89.0 Å². The first kappa shape index (κ1) is 30.8. The summed E-state index contributed by atoms with van der Waals surface area (Å²) in [7, 11) is -3.98. The van der Waals surface area contributed by atoms with Crippen LogP contribution in [-0.2, 0) is 26.0 Å². The molecule has 1 heterocycles. The summed E-state index contributed by atoms with van der Waals surface area (Å²) in [6, 6.07) is 20.5. The predicted molar refractivity (Wildman–Crippen MR) is 168 cm³/mol. The van der Waals surface area contributed by atoms with Gasteiger partial charge < -0.3 is 15.0 Å². The van der Waals surface area contributed by atoms with Crippen molar-refractivity contribution in [3.63, 3.8) is 0 Å². The van der Waals surface area contributed by atoms with Gasteiger partial charge in [-0.05, 0) is 68.9 Å². The molecule has 5 rings (SSSR count). The Hall–Kier alpha value is -3.69. The maximum atomic E-state index is 14.3. The van der Waals surface area contributed by atoms with E-state index in [1.807, 2.05) is 63.2 Å². The number of nitrogens with one attached hydrogen (secondary N) is 1. The molecule has 1 fully saturated rings. The van der Waals surface area contributed by atoms with Crippen LogP contribution in [0.2, 0.25) is 0 Å². The third-order valence-electron chi connectivity index (χ3n) is 8.37. The van der Waals surface area contributed by atoms with Crippen molar-refractivity contribution in [2.75, 3.05) is 24.5 Å². The van der Waals surface area contributed by atoms with Crippen LogP contribution in [0.25, 0.3) is 0 Å². The second-order valence-electron chi connectivity index (χ2n) is 11.7. The largest absolute Gasteiger partial charge is 0.477 e. The van der Waals surface area contributed by atoms with E-state index in [-0.39, 0.29) is 35.8 Å². The van der Waals surface area contributed by atoms with Gasteiger partial charge in [-0.1, -0.05) is 79.4 Å². The molecule has 1 aliphatic heterocycles. The summed E-state index contributed by atoms with van der Waals surface area (Å²) in [4.78, 5) is 29.1. The number of hydrogen-bond acceptors (Lipinski definition) is 5. The van der Waals surface area contributed by atoms with E-state index >= 15 is 0 Å². The van der Waals surface area contributed by atoms with Gasteiger partial charge in [0.1, 0.15) is 5.75 Å². The molecule has 1 atom stereocenters. The predicted octanol–water partition coefficient (Wildman–Crippen LogP) is 5.09. The molecule has 8 nitrogen and oxygen atoms in total. The Morgan fingerprint density at radius 1 is 0.930 bits per heavy atom. The fraction of sp³-hybridized carbons (Fsp3) is 0.412. The molecule has 3 aromatic rings. The number of rotatable bonds is 9. The summed E-state index contributed by atoms with van der Waals surface area (Å²) in [6.45, 7) is 5.69. The molecule has 0 bridgehead atoms. The van der Waals surface area contributed by atoms with E-state index in [0.29, 0.717) is 48.4 Å². The van der Waals surface area contributed by atoms with Crippen molar-refractivity contribution in [2.24, 2.45) is 0 Å². The molecule has 0 aromatic heterocycles. The monoisotopic (exact) mass is 603 g/mol. The standard InChI is InChI=1S/C34H41N3O5S/c1-24-20-25(2)33(26(3)21-24)43(40,41)37(28-14-8-5-9-15-28)23-32(38)36-22-31(42-30-17-11-10-16-29(30)36)34(39)35-19-18-27-12-6-4-7-13-27/h4,6-7,10-13,16-17,20-21,28,31H,5,8-9,14-15,18-19,22-23H2,1-3H3,(H,35,39)/t31-/m0/s1. The van der Waals surface area contributed by atoms with Crippen LogP contribution in [0.5, 0.6) is 5.75 Å². The number of carbonyl (C=O) groups is 2. The topological polar surface area (TPSA) is 96.0 Å². The van der Waals surface area contributed by atoms with Gasteiger partial charge in [0.15, 0.2) is 6.10 Å². The lowest BCUT2D eigenvalue weighted by Crippen LogP contribution is -2.54. The van der Waals surface area contributed by atoms with Crippen LogP contribution in [0.15, 0.2) is 71.6 Å². The molecule has 0 radical (unpaired) electrons. The first-order valence-electron chi connectivity index (χ1n) is 15.1. The molecule has 0 unspecified atom stereocenters. The lowest BCUT2D eigenvalue weighted by Gasteiger charge is -2.37. The molecule has 3 aromatic carbocycles. The highest BCUT2D eigenvalue weighted by molar-refractivity contribution is 7.89. The summed E-state index contributed by atoms with van der Waals surface area (Å²) in [6.07, 6.45) is 4.07. The lowest BCUT2D eigenvalue weighted by atomic mass is 9.95. The third kappa shape index (κ3) is 6.94. The molecule has 0 spiro atoms. The van der Waals surface area contributed by atoms with Crippen molar-refractivity contribution >= 4 is 27.5 Å². The first-order valence-corrected chi connectivity index (χ1v) is 16.6. The first-order chi connectivity index (χ1) is 20.6. The van der Waals surface area contributed by atoms with Crippen LogP contribution >= 0.6 is 0 Å². The van der Waals surface area contributed by atoms with E-state index in [4.69, 9.17) is 4.74 Å². The van der Waals surface area contributed by atoms with Gasteiger partial charge in [-0.3, -0.25) is 9.59 Å². The van der Waals surface area contributed by atoms with Gasteiger partial charge in [0.25, 0.3) is 5.91 Å². The van der Waals surface area contributed by atoms with Gasteiger partial charge in [-0.25, -0.2) is 8.42 Å². The molecule has 1 aliphatic carbocycles. The molecule has 43 heavy (non-hydrogen) atoms. The van der Waals surface area contributed by atoms with Crippen molar-refractivity contribution in [3.8, 4) is 5.75 Å². The van der Waals surface area contributed by atoms with Crippen molar-refractivity contribution in [1.29, 1.82) is 0 Å². The summed E-state index contributed by atoms with van der Waals surface area (Å²) < 4.78 is 36.1. The molecular weight excluding hydrogens is 562 g/mol. The minimum absolute atomic E-state index is 0.00580. The zero-order valence-electron chi connectivity index (χ0n) is 25.2. The van der Waals surface area contributed by atoms with Gasteiger partial charge in [0, 0.05) is 12.6 Å². The van der Waals surface area contributed by atoms with Gasteiger partial charge >= 0.3 is 0 Å². The van der Waals surface area contributed by atoms with Gasteiger partial charge in [-0.2, -0.15) is 4.31 Å². The Morgan fingerprint density at radius 2 is 1.58 bits per heavy atom. The number of hydrogen-bond donors (Lipinski definition) is 1. The fourth-order valence-corrected chi connectivity index (χ4v) is 8.43. The van der Waals surface area contributed by atoms with Crippen molar-refractivity contribution in [1.82, 2.24) is 9.62 Å². The van der Waals surface area contributed by atoms with Gasteiger partial charge in [0.2, 0.25) is 15.9 Å². The Labute approximate surface area is 255 Å². The van der Waals surface area contributed by atoms with Crippen molar-refractivity contribution in [2.45, 2.75) is 76.3 Å². The number of sulfonamides is 1. The molecular formula is C34H41N3O5S. The summed E-state index contributed by atoms with van der Waals surface area (Å²) in [5, 5.41) is 2.94. The number of fused-ring (bicyclic) bond motifs is 1. The minimum atomic E-state index is -3.98. The normalized spacial score (nSPS) is 17.3. The SMILES string of the molecule is Cc1cc(C)c(S(=O)(=O)N(CC(=O)N2C[C@@H](C(=O)NCCc3ccccc3)Oc3ccccc32)C2CCCCC2)c(C)c1. The highest BCUT2D eigenvalue weighted by atomic mass is 32.2. The van der Waals surface area contributed by atoms with Gasteiger partial charge in [-0.15, -0.1) is 0 Å². The number of aryl methyl sites for hydroxylation is 3. The van der Waals surface area contributed by atoms with Crippen LogP contribution in [0, 0.1) is 20.8 Å². The summed E-state index contributed by atoms with van der Waals surface area (Å²) in [5.74, 6) is -0.275. The average molecular weight is 604 g/mol. The van der Waals surface area contributed by atoms with Crippen molar-refractivity contribution < 1.29 is 22.7 Å². The molecule has 2 amide bonds.